The molecule has 0 aromatic carbocycles. The van der Waals surface area contributed by atoms with Crippen molar-refractivity contribution in [3.05, 3.63) is 0 Å². The van der Waals surface area contributed by atoms with Gasteiger partial charge in [0.25, 0.3) is 7.37 Å². The second-order valence-electron chi connectivity index (χ2n) is 10.2. The Morgan fingerprint density at radius 1 is 0.733 bits per heavy atom. The molecule has 0 amide bonds. The number of ether oxygens (including phenoxy) is 1. The summed E-state index contributed by atoms with van der Waals surface area (Å²) in [6.07, 6.45) is 0.212. The molecule has 0 heterocycles. The minimum absolute atomic E-state index is 0.0294. The normalized spacial score (nSPS) is 13.4. The highest BCUT2D eigenvalue weighted by Gasteiger charge is 2.31. The quantitative estimate of drug-likeness (QED) is 0.0961. The zero-order valence-corrected chi connectivity index (χ0v) is 36.2. The first-order chi connectivity index (χ1) is 19.9. The van der Waals surface area contributed by atoms with Crippen LogP contribution >= 0.6 is 42.3 Å². The zero-order valence-electron chi connectivity index (χ0n) is 29.8. The van der Waals surface area contributed by atoms with E-state index in [9.17, 15) is 32.9 Å². The summed E-state index contributed by atoms with van der Waals surface area (Å²) in [6.45, 7) is 28.8. The summed E-state index contributed by atoms with van der Waals surface area (Å²) in [6, 6.07) is 0. The van der Waals surface area contributed by atoms with Crippen LogP contribution in [0.25, 0.3) is 0 Å². The Labute approximate surface area is 279 Å². The molecule has 3 N–H and O–H groups in total. The van der Waals surface area contributed by atoms with E-state index in [4.69, 9.17) is 34.7 Å². The topological polar surface area (TPSA) is 217 Å². The molecule has 0 aliphatic rings. The van der Waals surface area contributed by atoms with Gasteiger partial charge in [0.05, 0.1) is 6.61 Å². The SMILES string of the molecule is CC.CCC(=O)P(=O)(O)O.CCC(=O)P(=O)(O)OC.CCC(=O)P(C)(=O)O[Si](C)(C)C.CCOC(=O)Cl.CP(C)O[Si](C)(C)C. The van der Waals surface area contributed by atoms with Crippen molar-refractivity contribution in [2.75, 3.05) is 33.7 Å². The van der Waals surface area contributed by atoms with Crippen LogP contribution in [-0.4, -0.2) is 87.0 Å². The minimum atomic E-state index is -4.40. The van der Waals surface area contributed by atoms with E-state index in [2.05, 4.69) is 42.2 Å². The third-order valence-corrected chi connectivity index (χ3v) is 14.4. The van der Waals surface area contributed by atoms with Gasteiger partial charge in [-0.1, -0.05) is 34.6 Å². The molecule has 0 aromatic heterocycles. The van der Waals surface area contributed by atoms with Gasteiger partial charge in [-0.3, -0.25) is 28.1 Å². The van der Waals surface area contributed by atoms with E-state index in [1.54, 1.807) is 13.8 Å². The fourth-order valence-electron chi connectivity index (χ4n) is 2.03. The number of rotatable bonds is 12. The maximum atomic E-state index is 11.6. The Hall–Kier alpha value is 0.0838. The van der Waals surface area contributed by atoms with Gasteiger partial charge in [0.15, 0.2) is 16.6 Å². The highest BCUT2D eigenvalue weighted by molar-refractivity contribution is 7.76. The van der Waals surface area contributed by atoms with Gasteiger partial charge in [0, 0.05) is 52.8 Å². The van der Waals surface area contributed by atoms with Crippen LogP contribution in [-0.2, 0) is 45.8 Å². The summed E-state index contributed by atoms with van der Waals surface area (Å²) in [4.78, 5) is 65.9. The van der Waals surface area contributed by atoms with E-state index in [1.165, 1.54) is 20.5 Å². The van der Waals surface area contributed by atoms with Crippen LogP contribution in [0, 0.1) is 0 Å². The smallest absolute Gasteiger partial charge is 0.403 e. The lowest BCUT2D eigenvalue weighted by molar-refractivity contribution is -0.113. The maximum Gasteiger partial charge on any atom is 0.403 e. The molecule has 0 aliphatic carbocycles. The lowest BCUT2D eigenvalue weighted by atomic mass is 10.6. The van der Waals surface area contributed by atoms with Crippen LogP contribution in [0.15, 0.2) is 0 Å². The molecule has 0 spiro atoms. The van der Waals surface area contributed by atoms with Gasteiger partial charge in [-0.2, -0.15) is 0 Å². The third kappa shape index (κ3) is 46.3. The number of halogens is 1. The molecule has 14 nitrogen and oxygen atoms in total. The fourth-order valence-corrected chi connectivity index (χ4v) is 12.7. The summed E-state index contributed by atoms with van der Waals surface area (Å²) in [7, 11) is -13.4. The Bertz CT molecular complexity index is 978. The van der Waals surface area contributed by atoms with Crippen molar-refractivity contribution in [3.63, 3.8) is 0 Å². The summed E-state index contributed by atoms with van der Waals surface area (Å²) in [5.41, 5.74) is -2.75. The molecule has 2 atom stereocenters. The molecule has 21 heteroatoms. The van der Waals surface area contributed by atoms with Crippen LogP contribution < -0.4 is 0 Å². The number of hydrogen-bond donors (Lipinski definition) is 3. The molecule has 0 saturated carbocycles. The van der Waals surface area contributed by atoms with Crippen LogP contribution in [0.2, 0.25) is 39.3 Å². The van der Waals surface area contributed by atoms with Crippen molar-refractivity contribution in [2.45, 2.75) is 100 Å². The van der Waals surface area contributed by atoms with Crippen molar-refractivity contribution in [3.8, 4) is 0 Å². The summed E-state index contributed by atoms with van der Waals surface area (Å²) < 4.78 is 51.2. The molecule has 0 saturated heterocycles. The van der Waals surface area contributed by atoms with E-state index >= 15 is 0 Å². The van der Waals surface area contributed by atoms with Gasteiger partial charge in [0.2, 0.25) is 16.6 Å². The van der Waals surface area contributed by atoms with E-state index in [0.29, 0.717) is 6.61 Å². The first kappa shape index (κ1) is 57.4. The van der Waals surface area contributed by atoms with Crippen LogP contribution in [0.1, 0.15) is 60.8 Å². The average molecular weight is 787 g/mol. The number of hydrogen-bond acceptors (Lipinski definition) is 11. The summed E-state index contributed by atoms with van der Waals surface area (Å²) >= 11 is 4.72. The molecule has 0 aromatic rings. The summed E-state index contributed by atoms with van der Waals surface area (Å²) in [5, 5.41) is 0. The maximum absolute atomic E-state index is 11.6. The lowest BCUT2D eigenvalue weighted by Crippen LogP contribution is -2.25. The van der Waals surface area contributed by atoms with Gasteiger partial charge in [-0.15, -0.1) is 0 Å². The van der Waals surface area contributed by atoms with E-state index in [0.717, 1.165) is 7.11 Å². The second kappa shape index (κ2) is 29.0. The molecule has 274 valence electrons. The van der Waals surface area contributed by atoms with Crippen molar-refractivity contribution >= 4 is 80.9 Å². The van der Waals surface area contributed by atoms with Crippen molar-refractivity contribution in [1.82, 2.24) is 0 Å². The molecular formula is C24H59ClO14P4Si2. The van der Waals surface area contributed by atoms with Crippen LogP contribution in [0.5, 0.6) is 0 Å². The van der Waals surface area contributed by atoms with E-state index < -0.39 is 55.7 Å². The molecule has 0 bridgehead atoms. The van der Waals surface area contributed by atoms with Gasteiger partial charge in [-0.25, -0.2) is 4.79 Å². The van der Waals surface area contributed by atoms with Gasteiger partial charge < -0.3 is 32.4 Å². The molecule has 45 heavy (non-hydrogen) atoms. The molecule has 0 radical (unpaired) electrons. The van der Waals surface area contributed by atoms with Crippen LogP contribution in [0.4, 0.5) is 4.79 Å². The zero-order chi connectivity index (χ0) is 38.0. The largest absolute Gasteiger partial charge is 0.454 e. The molecule has 0 rings (SSSR count). The summed E-state index contributed by atoms with van der Waals surface area (Å²) in [5.74, 6) is 0. The number of carbonyl (C=O) groups excluding carboxylic acids is 4. The highest BCUT2D eigenvalue weighted by Crippen LogP contribution is 2.47. The fraction of sp³-hybridized carbons (Fsp3) is 0.833. The highest BCUT2D eigenvalue weighted by atomic mass is 35.5. The molecule has 0 aliphatic heterocycles. The van der Waals surface area contributed by atoms with Gasteiger partial charge in [0.1, 0.15) is 0 Å². The molecular weight excluding hydrogens is 728 g/mol. The first-order valence-electron chi connectivity index (χ1n) is 13.9. The Balaban J connectivity index is -0.000000106. The monoisotopic (exact) mass is 786 g/mol. The van der Waals surface area contributed by atoms with Crippen molar-refractivity contribution in [1.29, 1.82) is 0 Å². The second-order valence-corrected chi connectivity index (χ2v) is 27.8. The Morgan fingerprint density at radius 3 is 1.18 bits per heavy atom. The Kier molecular flexibility index (Phi) is 37.0. The number of carbonyl (C=O) groups is 4. The molecule has 0 fully saturated rings. The van der Waals surface area contributed by atoms with Crippen molar-refractivity contribution < 1.29 is 65.2 Å². The van der Waals surface area contributed by atoms with E-state index in [-0.39, 0.29) is 32.9 Å². The average Bonchev–Trinajstić information content (AvgIpc) is 2.86. The predicted molar refractivity (Wildman–Crippen MR) is 190 cm³/mol. The standard InChI is InChI=1S/C7H17O3PSi.C5H15OPSi.C4H9O4P.C3H5ClO2.C3H7O4P.C2H6/c1-6-7(8)11(2,9)10-12(3,4)5;1-7(2)6-8(3,4)5;1-3-4(5)9(6,7)8-2;1-2-6-3(4)5;1-2-3(4)8(5,6)7;1-2/h6H2,1-5H3;1-5H3;3H2,1-2H3,(H,6,7);2H2,1H3;2H2,1H3,(H2,5,6,7);1-2H3. The first-order valence-corrected chi connectivity index (χ1v) is 28.5. The molecule has 2 unspecified atom stereocenters. The Morgan fingerprint density at radius 2 is 1.09 bits per heavy atom. The van der Waals surface area contributed by atoms with Gasteiger partial charge in [-0.05, 0) is 59.5 Å². The van der Waals surface area contributed by atoms with Crippen molar-refractivity contribution in [2.24, 2.45) is 0 Å². The lowest BCUT2D eigenvalue weighted by Gasteiger charge is -2.21. The van der Waals surface area contributed by atoms with Gasteiger partial charge >= 0.3 is 20.6 Å². The minimum Gasteiger partial charge on any atom is -0.454 e. The van der Waals surface area contributed by atoms with Crippen LogP contribution in [0.3, 0.4) is 0 Å². The predicted octanol–water partition coefficient (Wildman–Crippen LogP) is 8.44. The third-order valence-electron chi connectivity index (χ3n) is 3.41. The van der Waals surface area contributed by atoms with E-state index in [1.807, 2.05) is 33.5 Å².